The number of ether oxygens (including phenoxy) is 1. The molecule has 0 fully saturated rings. The maximum absolute atomic E-state index is 9.96. The zero-order chi connectivity index (χ0) is 30.4. The lowest BCUT2D eigenvalue weighted by Gasteiger charge is -2.37. The van der Waals surface area contributed by atoms with Gasteiger partial charge in [-0.1, -0.05) is 72.2 Å². The van der Waals surface area contributed by atoms with Crippen LogP contribution >= 0.6 is 0 Å². The molecule has 0 aromatic heterocycles. The largest absolute Gasteiger partial charge is 0.489 e. The van der Waals surface area contributed by atoms with E-state index in [1.54, 1.807) is 0 Å². The summed E-state index contributed by atoms with van der Waals surface area (Å²) in [4.78, 5) is 0. The molecule has 2 rings (SSSR count). The quantitative estimate of drug-likeness (QED) is 0.178. The second-order valence-corrected chi connectivity index (χ2v) is 18.6. The third-order valence-corrected chi connectivity index (χ3v) is 8.86. The third kappa shape index (κ3) is 12.6. The predicted molar refractivity (Wildman–Crippen MR) is 170 cm³/mol. The number of benzene rings is 2. The molecule has 0 spiro atoms. The van der Waals surface area contributed by atoms with Crippen molar-refractivity contribution in [2.75, 3.05) is 0 Å². The van der Waals surface area contributed by atoms with Crippen molar-refractivity contribution in [3.63, 3.8) is 0 Å². The molecule has 40 heavy (non-hydrogen) atoms. The molecule has 6 heteroatoms. The maximum Gasteiger partial charge on any atom is 0.236 e. The summed E-state index contributed by atoms with van der Waals surface area (Å²) < 4.78 is 19.4. The van der Waals surface area contributed by atoms with E-state index in [0.717, 1.165) is 48.1 Å². The Balaban J connectivity index is 2.25. The van der Waals surface area contributed by atoms with Crippen LogP contribution in [0.4, 0.5) is 0 Å². The fraction of sp³-hybridized carbons (Fsp3) is 0.647. The Morgan fingerprint density at radius 1 is 0.650 bits per heavy atom. The van der Waals surface area contributed by atoms with Crippen LogP contribution in [0, 0.1) is 0 Å². The normalized spacial score (nSPS) is 13.5. The Bertz CT molecular complexity index is 1070. The smallest absolute Gasteiger partial charge is 0.236 e. The highest BCUT2D eigenvalue weighted by molar-refractivity contribution is 6.32. The standard InChI is InChI=1S/C34H54O4Si2/c1-30(2,3)39-37-33(9,10)28-20-19-26(23-29(28)34(11,12)38-40-31(4,5)6)24-36-27-18-15-17-25(22-27)16-13-14-21-32(7,8)35/h15,17-20,22-23,35H,13-14,16,21,24H2,1-12H3. The van der Waals surface area contributed by atoms with Crippen LogP contribution < -0.4 is 4.74 Å². The molecule has 2 aromatic rings. The van der Waals surface area contributed by atoms with Gasteiger partial charge in [-0.05, 0) is 111 Å². The van der Waals surface area contributed by atoms with E-state index >= 15 is 0 Å². The summed E-state index contributed by atoms with van der Waals surface area (Å²) in [6.45, 7) is 26.2. The van der Waals surface area contributed by atoms with E-state index in [1.165, 1.54) is 5.56 Å². The lowest BCUT2D eigenvalue weighted by atomic mass is 9.84. The summed E-state index contributed by atoms with van der Waals surface area (Å²) in [6.07, 6.45) is 3.86. The molecular formula is C34H54O4Si2. The fourth-order valence-corrected chi connectivity index (χ4v) is 5.56. The molecule has 0 aliphatic rings. The van der Waals surface area contributed by atoms with E-state index in [9.17, 15) is 5.11 Å². The van der Waals surface area contributed by atoms with Crippen molar-refractivity contribution in [2.24, 2.45) is 0 Å². The molecule has 1 N–H and O–H groups in total. The van der Waals surface area contributed by atoms with Gasteiger partial charge in [0.05, 0.1) is 16.8 Å². The van der Waals surface area contributed by atoms with Crippen LogP contribution in [0.2, 0.25) is 10.1 Å². The molecule has 0 aliphatic carbocycles. The Morgan fingerprint density at radius 2 is 1.23 bits per heavy atom. The van der Waals surface area contributed by atoms with Gasteiger partial charge in [-0.25, -0.2) is 0 Å². The summed E-state index contributed by atoms with van der Waals surface area (Å²) >= 11 is 0. The van der Waals surface area contributed by atoms with Crippen molar-refractivity contribution in [1.82, 2.24) is 0 Å². The molecule has 4 nitrogen and oxygen atoms in total. The van der Waals surface area contributed by atoms with E-state index in [1.807, 2.05) is 19.9 Å². The molecule has 0 aliphatic heterocycles. The first kappa shape index (κ1) is 34.8. The van der Waals surface area contributed by atoms with Crippen molar-refractivity contribution in [1.29, 1.82) is 0 Å². The molecule has 0 unspecified atom stereocenters. The van der Waals surface area contributed by atoms with Crippen LogP contribution in [-0.2, 0) is 33.1 Å². The predicted octanol–water partition coefficient (Wildman–Crippen LogP) is 8.93. The van der Waals surface area contributed by atoms with E-state index in [0.29, 0.717) is 26.1 Å². The van der Waals surface area contributed by atoms with Crippen molar-refractivity contribution in [2.45, 2.75) is 142 Å². The number of aryl methyl sites for hydroxylation is 1. The maximum atomic E-state index is 9.96. The highest BCUT2D eigenvalue weighted by Crippen LogP contribution is 2.39. The van der Waals surface area contributed by atoms with Gasteiger partial charge >= 0.3 is 0 Å². The fourth-order valence-electron chi connectivity index (χ4n) is 4.22. The van der Waals surface area contributed by atoms with E-state index in [2.05, 4.69) is 106 Å². The van der Waals surface area contributed by atoms with Gasteiger partial charge in [-0.3, -0.25) is 0 Å². The lowest BCUT2D eigenvalue weighted by molar-refractivity contribution is 0.0682. The van der Waals surface area contributed by atoms with Gasteiger partial charge in [0.1, 0.15) is 12.4 Å². The first-order valence-corrected chi connectivity index (χ1v) is 16.5. The molecule has 4 radical (unpaired) electrons. The van der Waals surface area contributed by atoms with Crippen molar-refractivity contribution in [3.05, 3.63) is 64.7 Å². The molecule has 0 heterocycles. The van der Waals surface area contributed by atoms with E-state index in [4.69, 9.17) is 13.6 Å². The number of hydrogen-bond donors (Lipinski definition) is 1. The molecular weight excluding hydrogens is 529 g/mol. The molecule has 2 aromatic carbocycles. The van der Waals surface area contributed by atoms with Crippen LogP contribution in [0.3, 0.4) is 0 Å². The van der Waals surface area contributed by atoms with Gasteiger partial charge in [-0.2, -0.15) is 0 Å². The van der Waals surface area contributed by atoms with Crippen LogP contribution in [0.5, 0.6) is 5.75 Å². The number of hydrogen-bond acceptors (Lipinski definition) is 4. The van der Waals surface area contributed by atoms with Crippen molar-refractivity contribution < 1.29 is 18.7 Å². The molecule has 222 valence electrons. The minimum atomic E-state index is -0.597. The Hall–Kier alpha value is -1.45. The van der Waals surface area contributed by atoms with Gasteiger partial charge in [-0.15, -0.1) is 0 Å². The van der Waals surface area contributed by atoms with Crippen LogP contribution in [-0.4, -0.2) is 30.2 Å². The molecule has 0 bridgehead atoms. The number of unbranched alkanes of at least 4 members (excludes halogenated alkanes) is 1. The summed E-state index contributed by atoms with van der Waals surface area (Å²) in [5.41, 5.74) is 3.15. The second-order valence-electron chi connectivity index (χ2n) is 14.8. The third-order valence-electron chi connectivity index (χ3n) is 6.41. The minimum absolute atomic E-state index is 0.0944. The highest BCUT2D eigenvalue weighted by atomic mass is 28.2. The summed E-state index contributed by atoms with van der Waals surface area (Å²) in [7, 11) is 0.763. The summed E-state index contributed by atoms with van der Waals surface area (Å²) in [6, 6.07) is 15.0. The van der Waals surface area contributed by atoms with Gasteiger partial charge in [0.25, 0.3) is 0 Å². The average Bonchev–Trinajstić information content (AvgIpc) is 2.82. The monoisotopic (exact) mass is 582 g/mol. The van der Waals surface area contributed by atoms with Gasteiger partial charge < -0.3 is 18.7 Å². The lowest BCUT2D eigenvalue weighted by Crippen LogP contribution is -2.34. The van der Waals surface area contributed by atoms with E-state index in [-0.39, 0.29) is 10.1 Å². The van der Waals surface area contributed by atoms with Gasteiger partial charge in [0.2, 0.25) is 19.5 Å². The van der Waals surface area contributed by atoms with Gasteiger partial charge in [0, 0.05) is 0 Å². The van der Waals surface area contributed by atoms with Crippen LogP contribution in [0.15, 0.2) is 42.5 Å². The second kappa shape index (κ2) is 13.7. The number of aliphatic hydroxyl groups is 1. The van der Waals surface area contributed by atoms with E-state index < -0.39 is 16.8 Å². The van der Waals surface area contributed by atoms with Crippen LogP contribution in [0.25, 0.3) is 0 Å². The SMILES string of the molecule is CC(C)(O)CCCCc1cccc(OCc2ccc(C(C)(C)O[Si]C(C)(C)C)c(C(C)(C)O[Si]C(C)(C)C)c2)c1. The summed E-state index contributed by atoms with van der Waals surface area (Å²) in [5.74, 6) is 0.880. The van der Waals surface area contributed by atoms with Gasteiger partial charge in [0.15, 0.2) is 0 Å². The Kier molecular flexibility index (Phi) is 11.9. The van der Waals surface area contributed by atoms with Crippen molar-refractivity contribution in [3.8, 4) is 5.75 Å². The van der Waals surface area contributed by atoms with Crippen LogP contribution in [0.1, 0.15) is 125 Å². The highest BCUT2D eigenvalue weighted by Gasteiger charge is 2.34. The molecule has 0 saturated carbocycles. The first-order chi connectivity index (χ1) is 18.2. The first-order valence-electron chi connectivity index (χ1n) is 14.7. The average molecular weight is 583 g/mol. The molecule has 0 atom stereocenters. The van der Waals surface area contributed by atoms with Crippen molar-refractivity contribution >= 4 is 19.5 Å². The topological polar surface area (TPSA) is 47.9 Å². The zero-order valence-corrected chi connectivity index (χ0v) is 29.2. The minimum Gasteiger partial charge on any atom is -0.489 e. The molecule has 0 saturated heterocycles. The Morgan fingerprint density at radius 3 is 1.77 bits per heavy atom. The zero-order valence-electron chi connectivity index (χ0n) is 27.2. The Labute approximate surface area is 250 Å². The molecule has 0 amide bonds. The number of rotatable bonds is 14. The summed E-state index contributed by atoms with van der Waals surface area (Å²) in [5, 5.41) is 10.2.